The lowest BCUT2D eigenvalue weighted by Crippen LogP contribution is -1.71. The molecule has 9 heavy (non-hydrogen) atoms. The van der Waals surface area contributed by atoms with Crippen LogP contribution in [0, 0.1) is 13.0 Å². The second-order valence-electron chi connectivity index (χ2n) is 1.93. The number of thioether (sulfide) groups is 1. The summed E-state index contributed by atoms with van der Waals surface area (Å²) in [4.78, 5) is 1.22. The highest BCUT2D eigenvalue weighted by atomic mass is 32.2. The first kappa shape index (κ1) is 6.69. The SMILES string of the molecule is CSc1[c]ccc(C)c1. The molecule has 0 N–H and O–H groups in total. The van der Waals surface area contributed by atoms with Crippen LogP contribution < -0.4 is 0 Å². The summed E-state index contributed by atoms with van der Waals surface area (Å²) >= 11 is 1.73. The van der Waals surface area contributed by atoms with Crippen molar-refractivity contribution >= 4 is 11.8 Å². The largest absolute Gasteiger partial charge is 0.129 e. The highest BCUT2D eigenvalue weighted by Crippen LogP contribution is 2.13. The Bertz CT molecular complexity index is 194. The lowest BCUT2D eigenvalue weighted by atomic mass is 10.2. The van der Waals surface area contributed by atoms with E-state index in [-0.39, 0.29) is 0 Å². The Hall–Kier alpha value is -0.430. The van der Waals surface area contributed by atoms with Gasteiger partial charge in [-0.25, -0.2) is 0 Å². The molecule has 0 heterocycles. The summed E-state index contributed by atoms with van der Waals surface area (Å²) in [6.07, 6.45) is 2.06. The molecule has 0 aliphatic carbocycles. The highest BCUT2D eigenvalue weighted by molar-refractivity contribution is 7.98. The normalized spacial score (nSPS) is 9.56. The number of hydrogen-bond donors (Lipinski definition) is 0. The molecule has 0 spiro atoms. The molecule has 0 aromatic heterocycles. The molecule has 1 rings (SSSR count). The topological polar surface area (TPSA) is 0 Å². The van der Waals surface area contributed by atoms with Crippen molar-refractivity contribution in [2.24, 2.45) is 0 Å². The molecular formula is C8H9S. The van der Waals surface area contributed by atoms with Crippen molar-refractivity contribution in [1.82, 2.24) is 0 Å². The van der Waals surface area contributed by atoms with Crippen LogP contribution in [0.25, 0.3) is 0 Å². The number of benzene rings is 1. The van der Waals surface area contributed by atoms with Gasteiger partial charge in [-0.2, -0.15) is 0 Å². The van der Waals surface area contributed by atoms with Gasteiger partial charge in [-0.3, -0.25) is 0 Å². The van der Waals surface area contributed by atoms with E-state index in [1.807, 2.05) is 6.07 Å². The Morgan fingerprint density at radius 1 is 1.56 bits per heavy atom. The second-order valence-corrected chi connectivity index (χ2v) is 2.78. The fourth-order valence-electron chi connectivity index (χ4n) is 0.670. The van der Waals surface area contributed by atoms with Crippen molar-refractivity contribution in [3.8, 4) is 0 Å². The predicted molar refractivity (Wildman–Crippen MR) is 41.8 cm³/mol. The van der Waals surface area contributed by atoms with Gasteiger partial charge >= 0.3 is 0 Å². The first-order valence-electron chi connectivity index (χ1n) is 2.85. The van der Waals surface area contributed by atoms with Crippen LogP contribution in [-0.4, -0.2) is 6.26 Å². The van der Waals surface area contributed by atoms with E-state index in [4.69, 9.17) is 0 Å². The van der Waals surface area contributed by atoms with E-state index in [1.165, 1.54) is 10.5 Å². The van der Waals surface area contributed by atoms with Gasteiger partial charge in [0, 0.05) is 4.90 Å². The van der Waals surface area contributed by atoms with E-state index in [0.29, 0.717) is 0 Å². The van der Waals surface area contributed by atoms with Gasteiger partial charge in [0.15, 0.2) is 0 Å². The van der Waals surface area contributed by atoms with Crippen LogP contribution >= 0.6 is 11.8 Å². The Balaban J connectivity index is 2.94. The van der Waals surface area contributed by atoms with Crippen LogP contribution in [0.2, 0.25) is 0 Å². The van der Waals surface area contributed by atoms with E-state index in [9.17, 15) is 0 Å². The Labute approximate surface area is 60.3 Å². The zero-order chi connectivity index (χ0) is 6.69. The molecule has 1 aromatic carbocycles. The quantitative estimate of drug-likeness (QED) is 0.536. The van der Waals surface area contributed by atoms with Gasteiger partial charge in [0.05, 0.1) is 0 Å². The van der Waals surface area contributed by atoms with Crippen LogP contribution in [0.1, 0.15) is 5.56 Å². The minimum Gasteiger partial charge on any atom is -0.129 e. The molecule has 0 atom stereocenters. The molecule has 1 aromatic rings. The van der Waals surface area contributed by atoms with Gasteiger partial charge in [-0.1, -0.05) is 12.1 Å². The van der Waals surface area contributed by atoms with Crippen LogP contribution in [0.3, 0.4) is 0 Å². The lowest BCUT2D eigenvalue weighted by Gasteiger charge is -1.94. The molecule has 0 fully saturated rings. The third-order valence-electron chi connectivity index (χ3n) is 1.15. The first-order valence-corrected chi connectivity index (χ1v) is 4.08. The molecule has 0 bridgehead atoms. The second kappa shape index (κ2) is 2.92. The zero-order valence-electron chi connectivity index (χ0n) is 5.64. The summed E-state index contributed by atoms with van der Waals surface area (Å²) in [7, 11) is 0. The van der Waals surface area contributed by atoms with Crippen LogP contribution in [0.4, 0.5) is 0 Å². The third-order valence-corrected chi connectivity index (χ3v) is 1.83. The minimum absolute atomic E-state index is 1.22. The minimum atomic E-state index is 1.22. The van der Waals surface area contributed by atoms with Gasteiger partial charge in [-0.15, -0.1) is 11.8 Å². The molecule has 0 amide bonds. The maximum absolute atomic E-state index is 3.12. The summed E-state index contributed by atoms with van der Waals surface area (Å²) < 4.78 is 0. The fraction of sp³-hybridized carbons (Fsp3) is 0.250. The number of rotatable bonds is 1. The first-order chi connectivity index (χ1) is 4.33. The fourth-order valence-corrected chi connectivity index (χ4v) is 1.16. The number of hydrogen-bond acceptors (Lipinski definition) is 1. The maximum atomic E-state index is 3.12. The monoisotopic (exact) mass is 137 g/mol. The average molecular weight is 137 g/mol. The summed E-state index contributed by atoms with van der Waals surface area (Å²) in [6, 6.07) is 9.27. The highest BCUT2D eigenvalue weighted by Gasteiger charge is 1.87. The van der Waals surface area contributed by atoms with Crippen molar-refractivity contribution in [2.75, 3.05) is 6.26 Å². The smallest absolute Gasteiger partial charge is 0.0151 e. The van der Waals surface area contributed by atoms with E-state index < -0.39 is 0 Å². The molecule has 1 radical (unpaired) electrons. The third kappa shape index (κ3) is 1.75. The van der Waals surface area contributed by atoms with Crippen molar-refractivity contribution < 1.29 is 0 Å². The molecule has 0 nitrogen and oxygen atoms in total. The Morgan fingerprint density at radius 3 is 2.78 bits per heavy atom. The zero-order valence-corrected chi connectivity index (χ0v) is 6.46. The Morgan fingerprint density at radius 2 is 2.33 bits per heavy atom. The molecule has 0 saturated carbocycles. The van der Waals surface area contributed by atoms with Crippen molar-refractivity contribution in [3.05, 3.63) is 29.8 Å². The summed E-state index contributed by atoms with van der Waals surface area (Å²) in [5.74, 6) is 0. The van der Waals surface area contributed by atoms with Crippen molar-refractivity contribution in [2.45, 2.75) is 11.8 Å². The van der Waals surface area contributed by atoms with Crippen LogP contribution in [0.15, 0.2) is 23.1 Å². The van der Waals surface area contributed by atoms with E-state index in [1.54, 1.807) is 11.8 Å². The van der Waals surface area contributed by atoms with E-state index in [2.05, 4.69) is 31.4 Å². The van der Waals surface area contributed by atoms with Crippen LogP contribution in [0.5, 0.6) is 0 Å². The molecular weight excluding hydrogens is 128 g/mol. The summed E-state index contributed by atoms with van der Waals surface area (Å²) in [6.45, 7) is 2.09. The molecule has 47 valence electrons. The van der Waals surface area contributed by atoms with Gasteiger partial charge in [0.1, 0.15) is 0 Å². The predicted octanol–water partition coefficient (Wildman–Crippen LogP) is 2.52. The van der Waals surface area contributed by atoms with E-state index in [0.717, 1.165) is 0 Å². The maximum Gasteiger partial charge on any atom is 0.0151 e. The summed E-state index contributed by atoms with van der Waals surface area (Å²) in [5, 5.41) is 0. The molecule has 0 aliphatic rings. The van der Waals surface area contributed by atoms with E-state index >= 15 is 0 Å². The Kier molecular flexibility index (Phi) is 2.17. The van der Waals surface area contributed by atoms with Gasteiger partial charge in [0.2, 0.25) is 0 Å². The molecule has 0 aliphatic heterocycles. The van der Waals surface area contributed by atoms with Gasteiger partial charge < -0.3 is 0 Å². The molecule has 0 unspecified atom stereocenters. The van der Waals surface area contributed by atoms with Crippen LogP contribution in [-0.2, 0) is 0 Å². The summed E-state index contributed by atoms with van der Waals surface area (Å²) in [5.41, 5.74) is 1.30. The standard InChI is InChI=1S/C8H9S/c1-7-4-3-5-8(6-7)9-2/h3-4,6H,1-2H3. The lowest BCUT2D eigenvalue weighted by molar-refractivity contribution is 1.35. The number of aryl methyl sites for hydroxylation is 1. The molecule has 1 heteroatoms. The van der Waals surface area contributed by atoms with Gasteiger partial charge in [0.25, 0.3) is 0 Å². The average Bonchev–Trinajstić information content (AvgIpc) is 1.88. The molecule has 0 saturated heterocycles. The van der Waals surface area contributed by atoms with Crippen molar-refractivity contribution in [1.29, 1.82) is 0 Å². The van der Waals surface area contributed by atoms with Crippen molar-refractivity contribution in [3.63, 3.8) is 0 Å². The van der Waals surface area contributed by atoms with Gasteiger partial charge in [-0.05, 0) is 30.9 Å².